The van der Waals surface area contributed by atoms with Crippen LogP contribution in [-0.2, 0) is 0 Å². The molecule has 3 N–H and O–H groups in total. The smallest absolute Gasteiger partial charge is 0.341 e. The van der Waals surface area contributed by atoms with Crippen LogP contribution in [-0.4, -0.2) is 35.3 Å². The van der Waals surface area contributed by atoms with Crippen LogP contribution < -0.4 is 16.1 Å². The number of rotatable bonds is 4. The first kappa shape index (κ1) is 18.5. The maximum Gasteiger partial charge on any atom is 0.341 e. The van der Waals surface area contributed by atoms with Gasteiger partial charge in [0.25, 0.3) is 0 Å². The van der Waals surface area contributed by atoms with E-state index in [4.69, 9.17) is 5.73 Å². The molecule has 2 heterocycles. The third-order valence-corrected chi connectivity index (χ3v) is 7.12. The monoisotopic (exact) mass is 403 g/mol. The number of halogens is 2. The number of nitrogens with two attached hydrogens (primary N) is 1. The Kier molecular flexibility index (Phi) is 4.00. The normalized spacial score (nSPS) is 26.3. The van der Waals surface area contributed by atoms with Gasteiger partial charge in [-0.15, -0.1) is 0 Å². The zero-order valence-electron chi connectivity index (χ0n) is 16.0. The molecule has 2 aromatic rings. The van der Waals surface area contributed by atoms with Gasteiger partial charge in [0.05, 0.1) is 10.9 Å². The first-order valence-electron chi connectivity index (χ1n) is 10.1. The molecule has 0 unspecified atom stereocenters. The van der Waals surface area contributed by atoms with Crippen LogP contribution in [0.3, 0.4) is 0 Å². The SMILES string of the molecule is NC[C@]12CCC[C@H]1CN(c1c(F)cc3c(=O)c(C(=O)O)cn(C4CC4)c3c1F)C2. The van der Waals surface area contributed by atoms with Gasteiger partial charge in [0, 0.05) is 30.7 Å². The van der Waals surface area contributed by atoms with Gasteiger partial charge in [0.15, 0.2) is 5.82 Å². The minimum absolute atomic E-state index is 0.00208. The minimum atomic E-state index is -1.39. The highest BCUT2D eigenvalue weighted by atomic mass is 19.1. The lowest BCUT2D eigenvalue weighted by Crippen LogP contribution is -2.35. The van der Waals surface area contributed by atoms with Crippen molar-refractivity contribution in [1.29, 1.82) is 0 Å². The number of pyridine rings is 1. The standard InChI is InChI=1S/C21H23F2N3O3/c22-15-6-13-17(26(12-3-4-12)8-14(19(13)27)20(28)29)16(23)18(15)25-7-11-2-1-5-21(11,9-24)10-25/h6,8,11-12H,1-5,7,9-10,24H2,(H,28,29)/t11-,21-/m0/s1. The zero-order valence-corrected chi connectivity index (χ0v) is 16.0. The second-order valence-electron chi connectivity index (χ2n) is 8.77. The third kappa shape index (κ3) is 2.61. The second kappa shape index (κ2) is 6.26. The van der Waals surface area contributed by atoms with Crippen molar-refractivity contribution in [2.75, 3.05) is 24.5 Å². The van der Waals surface area contributed by atoms with Crippen LogP contribution in [0.25, 0.3) is 10.9 Å². The molecular weight excluding hydrogens is 380 g/mol. The lowest BCUT2D eigenvalue weighted by molar-refractivity contribution is 0.0695. The average Bonchev–Trinajstić information content (AvgIpc) is 3.34. The largest absolute Gasteiger partial charge is 0.477 e. The van der Waals surface area contributed by atoms with E-state index in [2.05, 4.69) is 0 Å². The maximum atomic E-state index is 15.7. The molecule has 5 rings (SSSR count). The quantitative estimate of drug-likeness (QED) is 0.820. The molecule has 0 bridgehead atoms. The van der Waals surface area contributed by atoms with Crippen molar-refractivity contribution in [1.82, 2.24) is 4.57 Å². The van der Waals surface area contributed by atoms with Gasteiger partial charge in [-0.2, -0.15) is 0 Å². The number of carboxylic acids is 1. The van der Waals surface area contributed by atoms with E-state index in [1.807, 2.05) is 0 Å². The van der Waals surface area contributed by atoms with Gasteiger partial charge < -0.3 is 20.3 Å². The number of benzene rings is 1. The Morgan fingerprint density at radius 3 is 2.69 bits per heavy atom. The summed E-state index contributed by atoms with van der Waals surface area (Å²) in [5, 5.41) is 9.13. The summed E-state index contributed by atoms with van der Waals surface area (Å²) in [6.07, 6.45) is 5.78. The van der Waals surface area contributed by atoms with E-state index in [-0.39, 0.29) is 28.0 Å². The molecule has 29 heavy (non-hydrogen) atoms. The van der Waals surface area contributed by atoms with Crippen LogP contribution in [0.5, 0.6) is 0 Å². The van der Waals surface area contributed by atoms with E-state index in [0.29, 0.717) is 25.6 Å². The van der Waals surface area contributed by atoms with Crippen molar-refractivity contribution in [3.05, 3.63) is 39.7 Å². The van der Waals surface area contributed by atoms with Crippen LogP contribution in [0.1, 0.15) is 48.5 Å². The van der Waals surface area contributed by atoms with Gasteiger partial charge in [0.2, 0.25) is 5.43 Å². The summed E-state index contributed by atoms with van der Waals surface area (Å²) in [6.45, 7) is 1.52. The molecule has 8 heteroatoms. The highest BCUT2D eigenvalue weighted by Crippen LogP contribution is 2.50. The molecule has 0 radical (unpaired) electrons. The molecule has 2 atom stereocenters. The lowest BCUT2D eigenvalue weighted by Gasteiger charge is -2.28. The van der Waals surface area contributed by atoms with Gasteiger partial charge in [-0.05, 0) is 44.2 Å². The van der Waals surface area contributed by atoms with Crippen LogP contribution in [0.15, 0.2) is 17.1 Å². The molecule has 3 aliphatic rings. The number of carboxylic acid groups (broad SMARTS) is 1. The Morgan fingerprint density at radius 1 is 1.31 bits per heavy atom. The summed E-state index contributed by atoms with van der Waals surface area (Å²) in [5.74, 6) is -2.70. The predicted octanol–water partition coefficient (Wildman–Crippen LogP) is 2.88. The van der Waals surface area contributed by atoms with Gasteiger partial charge in [0.1, 0.15) is 17.1 Å². The molecule has 3 fully saturated rings. The third-order valence-electron chi connectivity index (χ3n) is 7.12. The molecule has 2 saturated carbocycles. The molecule has 2 aliphatic carbocycles. The Bertz CT molecular complexity index is 1090. The van der Waals surface area contributed by atoms with Gasteiger partial charge >= 0.3 is 5.97 Å². The van der Waals surface area contributed by atoms with Crippen molar-refractivity contribution in [3.63, 3.8) is 0 Å². The highest BCUT2D eigenvalue weighted by molar-refractivity contribution is 5.94. The van der Waals surface area contributed by atoms with E-state index in [9.17, 15) is 14.7 Å². The number of nitrogens with zero attached hydrogens (tertiary/aromatic N) is 2. The number of carbonyl (C=O) groups is 1. The van der Waals surface area contributed by atoms with Gasteiger partial charge in [-0.25, -0.2) is 13.6 Å². The fraction of sp³-hybridized carbons (Fsp3) is 0.524. The summed E-state index contributed by atoms with van der Waals surface area (Å²) < 4.78 is 32.3. The van der Waals surface area contributed by atoms with Crippen LogP contribution in [0.4, 0.5) is 14.5 Å². The molecule has 1 aliphatic heterocycles. The van der Waals surface area contributed by atoms with Crippen LogP contribution >= 0.6 is 0 Å². The van der Waals surface area contributed by atoms with E-state index >= 15 is 8.78 Å². The van der Waals surface area contributed by atoms with E-state index in [1.54, 1.807) is 4.90 Å². The first-order chi connectivity index (χ1) is 13.9. The Balaban J connectivity index is 1.71. The molecule has 1 aromatic carbocycles. The van der Waals surface area contributed by atoms with E-state index in [0.717, 1.165) is 38.2 Å². The van der Waals surface area contributed by atoms with Gasteiger partial charge in [-0.1, -0.05) is 6.42 Å². The molecule has 1 aromatic heterocycles. The fourth-order valence-electron chi connectivity index (χ4n) is 5.43. The van der Waals surface area contributed by atoms with Crippen LogP contribution in [0, 0.1) is 23.0 Å². The van der Waals surface area contributed by atoms with Crippen molar-refractivity contribution >= 4 is 22.6 Å². The number of aromatic nitrogens is 1. The summed E-state index contributed by atoms with van der Waals surface area (Å²) >= 11 is 0. The summed E-state index contributed by atoms with van der Waals surface area (Å²) in [5.41, 5.74) is 4.47. The second-order valence-corrected chi connectivity index (χ2v) is 8.77. The molecule has 0 spiro atoms. The number of aromatic carboxylic acids is 1. The first-order valence-corrected chi connectivity index (χ1v) is 10.1. The Morgan fingerprint density at radius 2 is 2.07 bits per heavy atom. The average molecular weight is 403 g/mol. The van der Waals surface area contributed by atoms with Crippen molar-refractivity contribution in [2.45, 2.75) is 38.1 Å². The zero-order chi connectivity index (χ0) is 20.5. The molecule has 0 amide bonds. The minimum Gasteiger partial charge on any atom is -0.477 e. The van der Waals surface area contributed by atoms with E-state index in [1.165, 1.54) is 10.8 Å². The van der Waals surface area contributed by atoms with Crippen LogP contribution in [0.2, 0.25) is 0 Å². The fourth-order valence-corrected chi connectivity index (χ4v) is 5.43. The van der Waals surface area contributed by atoms with Crippen molar-refractivity contribution in [2.24, 2.45) is 17.1 Å². The molecule has 1 saturated heterocycles. The molecule has 154 valence electrons. The number of hydrogen-bond acceptors (Lipinski definition) is 4. The maximum absolute atomic E-state index is 15.7. The van der Waals surface area contributed by atoms with Crippen molar-refractivity contribution in [3.8, 4) is 0 Å². The number of anilines is 1. The lowest BCUT2D eigenvalue weighted by atomic mass is 9.81. The highest BCUT2D eigenvalue weighted by Gasteiger charge is 2.49. The summed E-state index contributed by atoms with van der Waals surface area (Å²) in [7, 11) is 0. The Hall–Kier alpha value is -2.48. The van der Waals surface area contributed by atoms with Crippen molar-refractivity contribution < 1.29 is 18.7 Å². The predicted molar refractivity (Wildman–Crippen MR) is 104 cm³/mol. The number of fused-ring (bicyclic) bond motifs is 2. The summed E-state index contributed by atoms with van der Waals surface area (Å²) in [4.78, 5) is 25.8. The molecular formula is C21H23F2N3O3. The summed E-state index contributed by atoms with van der Waals surface area (Å²) in [6, 6.07) is 0.933. The van der Waals surface area contributed by atoms with E-state index < -0.39 is 28.6 Å². The number of hydrogen-bond donors (Lipinski definition) is 2. The van der Waals surface area contributed by atoms with Gasteiger partial charge in [-0.3, -0.25) is 4.79 Å². The molecule has 6 nitrogen and oxygen atoms in total. The topological polar surface area (TPSA) is 88.6 Å². The Labute approximate surface area is 165 Å².